The zero-order valence-corrected chi connectivity index (χ0v) is 14.6. The maximum atomic E-state index is 6.18. The van der Waals surface area contributed by atoms with Crippen LogP contribution in [0.25, 0.3) is 43.5 Å². The van der Waals surface area contributed by atoms with Crippen LogP contribution in [0.15, 0.2) is 81.2 Å². The van der Waals surface area contributed by atoms with E-state index in [1.165, 1.54) is 21.5 Å². The molecule has 0 saturated heterocycles. The van der Waals surface area contributed by atoms with E-state index in [4.69, 9.17) is 8.39 Å². The van der Waals surface area contributed by atoms with E-state index < -0.39 is 8.16 Å². The molecule has 0 bridgehead atoms. The lowest BCUT2D eigenvalue weighted by Gasteiger charge is -2.05. The van der Waals surface area contributed by atoms with Crippen LogP contribution in [0.1, 0.15) is 0 Å². The minimum atomic E-state index is -1.23. The summed E-state index contributed by atoms with van der Waals surface area (Å²) in [6, 6.07) is 25.1. The number of benzene rings is 4. The maximum Gasteiger partial charge on any atom is 0.306 e. The van der Waals surface area contributed by atoms with E-state index in [0.29, 0.717) is 0 Å². The highest BCUT2D eigenvalue weighted by molar-refractivity contribution is 7.38. The Balaban J connectivity index is 2.20. The first-order valence-corrected chi connectivity index (χ1v) is 9.40. The Kier molecular flexibility index (Phi) is 3.30. The molecule has 0 fully saturated rings. The summed E-state index contributed by atoms with van der Waals surface area (Å²) >= 11 is 0. The van der Waals surface area contributed by atoms with Crippen molar-refractivity contribution in [2.75, 3.05) is 12.1 Å². The number of hydrogen-bond acceptors (Lipinski definition) is 3. The molecule has 5 rings (SSSR count). The van der Waals surface area contributed by atoms with Crippen molar-refractivity contribution in [2.24, 2.45) is 0 Å². The quantitative estimate of drug-likeness (QED) is 0.364. The summed E-state index contributed by atoms with van der Waals surface area (Å²) < 4.78 is 12.4. The van der Waals surface area contributed by atoms with Crippen molar-refractivity contribution in [3.63, 3.8) is 0 Å². The Hall–Kier alpha value is -2.74. The van der Waals surface area contributed by atoms with E-state index in [0.717, 1.165) is 21.9 Å². The minimum Gasteiger partial charge on any atom is -0.408 e. The first kappa shape index (κ1) is 14.6. The molecule has 0 aliphatic heterocycles. The minimum absolute atomic E-state index is 0.856. The second kappa shape index (κ2) is 5.66. The van der Waals surface area contributed by atoms with E-state index in [1.54, 1.807) is 0 Å². The summed E-state index contributed by atoms with van der Waals surface area (Å²) in [5.41, 5.74) is 1.71. The summed E-state index contributed by atoms with van der Waals surface area (Å²) in [4.78, 5) is 0. The van der Waals surface area contributed by atoms with Crippen LogP contribution >= 0.6 is 8.16 Å². The second-order valence-corrected chi connectivity index (χ2v) is 7.31. The lowest BCUT2D eigenvalue weighted by Crippen LogP contribution is -1.79. The van der Waals surface area contributed by atoms with E-state index in [1.807, 2.05) is 19.2 Å². The van der Waals surface area contributed by atoms with Crippen LogP contribution in [-0.4, -0.2) is 7.05 Å². The molecule has 3 nitrogen and oxygen atoms in total. The molecule has 1 N–H and O–H groups in total. The van der Waals surface area contributed by atoms with Gasteiger partial charge in [0.25, 0.3) is 0 Å². The molecule has 0 saturated carbocycles. The van der Waals surface area contributed by atoms with Gasteiger partial charge in [0.05, 0.1) is 0 Å². The molecule has 0 aliphatic carbocycles. The normalized spacial score (nSPS) is 11.6. The van der Waals surface area contributed by atoms with Gasteiger partial charge >= 0.3 is 8.16 Å². The lowest BCUT2D eigenvalue weighted by atomic mass is 9.99. The van der Waals surface area contributed by atoms with Crippen LogP contribution in [0.4, 0.5) is 0 Å². The highest BCUT2D eigenvalue weighted by Gasteiger charge is 2.11. The number of fused-ring (bicyclic) bond motifs is 7. The second-order valence-electron chi connectivity index (χ2n) is 5.98. The fourth-order valence-electron chi connectivity index (χ4n) is 3.46. The van der Waals surface area contributed by atoms with Crippen LogP contribution in [0.5, 0.6) is 0 Å². The summed E-state index contributed by atoms with van der Waals surface area (Å²) in [6.45, 7) is 0. The molecule has 25 heavy (non-hydrogen) atoms. The Morgan fingerprint density at radius 2 is 1.12 bits per heavy atom. The highest BCUT2D eigenvalue weighted by Crippen LogP contribution is 2.39. The maximum absolute atomic E-state index is 6.18. The summed E-state index contributed by atoms with van der Waals surface area (Å²) in [5, 5.41) is 10.1. The van der Waals surface area contributed by atoms with E-state index >= 15 is 0 Å². The van der Waals surface area contributed by atoms with Crippen LogP contribution < -0.4 is 5.09 Å². The van der Waals surface area contributed by atoms with Crippen molar-refractivity contribution in [3.8, 4) is 0 Å². The third kappa shape index (κ3) is 2.25. The molecular formula is C21H16NO2P. The van der Waals surface area contributed by atoms with Gasteiger partial charge in [0.2, 0.25) is 0 Å². The number of hydrogen-bond donors (Lipinski definition) is 1. The van der Waals surface area contributed by atoms with Crippen molar-refractivity contribution in [2.45, 2.75) is 0 Å². The standard InChI is InChI=1S/C21H16NO2P/c1-22-25-23-18-12-10-14-6-2-4-8-16(14)20(18)21-17-9-5-3-7-15(17)11-13-19(21)24-25/h2-13,22H,1H3. The van der Waals surface area contributed by atoms with Gasteiger partial charge in [-0.1, -0.05) is 60.7 Å². The third-order valence-corrected chi connectivity index (χ3v) is 5.67. The van der Waals surface area contributed by atoms with Gasteiger partial charge < -0.3 is 8.39 Å². The molecule has 0 unspecified atom stereocenters. The molecule has 1 heterocycles. The summed E-state index contributed by atoms with van der Waals surface area (Å²) in [6.07, 6.45) is 0. The highest BCUT2D eigenvalue weighted by atomic mass is 31.1. The zero-order valence-electron chi connectivity index (χ0n) is 13.7. The molecular weight excluding hydrogens is 329 g/mol. The van der Waals surface area contributed by atoms with Crippen molar-refractivity contribution in [3.05, 3.63) is 72.8 Å². The fraction of sp³-hybridized carbons (Fsp3) is 0.0476. The van der Waals surface area contributed by atoms with Crippen molar-refractivity contribution >= 4 is 51.6 Å². The molecule has 0 amide bonds. The van der Waals surface area contributed by atoms with E-state index in [9.17, 15) is 0 Å². The van der Waals surface area contributed by atoms with E-state index in [2.05, 4.69) is 65.8 Å². The first-order chi connectivity index (χ1) is 12.3. The molecule has 0 aliphatic rings. The zero-order chi connectivity index (χ0) is 16.8. The fourth-order valence-corrected chi connectivity index (χ4v) is 4.34. The molecule has 0 radical (unpaired) electrons. The average Bonchev–Trinajstić information content (AvgIpc) is 2.84. The van der Waals surface area contributed by atoms with Crippen molar-refractivity contribution in [1.29, 1.82) is 0 Å². The number of nitrogens with one attached hydrogen (secondary N) is 1. The van der Waals surface area contributed by atoms with Crippen LogP contribution in [0.3, 0.4) is 0 Å². The van der Waals surface area contributed by atoms with Gasteiger partial charge in [0.1, 0.15) is 11.2 Å². The third-order valence-electron chi connectivity index (χ3n) is 4.58. The SMILES string of the molecule is CNp1oc2ccc3ccccc3c2c2c(ccc3ccccc32)o1. The molecule has 5 aromatic rings. The Bertz CT molecular complexity index is 1190. The van der Waals surface area contributed by atoms with Crippen LogP contribution in [-0.2, 0) is 0 Å². The predicted molar refractivity (Wildman–Crippen MR) is 107 cm³/mol. The van der Waals surface area contributed by atoms with Gasteiger partial charge in [-0.3, -0.25) is 0 Å². The van der Waals surface area contributed by atoms with Crippen LogP contribution in [0.2, 0.25) is 0 Å². The summed E-state index contributed by atoms with van der Waals surface area (Å²) in [7, 11) is 0.629. The first-order valence-electron chi connectivity index (χ1n) is 8.22. The van der Waals surface area contributed by atoms with Gasteiger partial charge in [-0.15, -0.1) is 0 Å². The van der Waals surface area contributed by atoms with Crippen molar-refractivity contribution in [1.82, 2.24) is 0 Å². The molecule has 122 valence electrons. The van der Waals surface area contributed by atoms with E-state index in [-0.39, 0.29) is 0 Å². The van der Waals surface area contributed by atoms with Gasteiger partial charge in [0.15, 0.2) is 0 Å². The topological polar surface area (TPSA) is 38.3 Å². The lowest BCUT2D eigenvalue weighted by molar-refractivity contribution is 0.645. The molecule has 1 aromatic heterocycles. The summed E-state index contributed by atoms with van der Waals surface area (Å²) in [5.74, 6) is 0. The van der Waals surface area contributed by atoms with Gasteiger partial charge in [-0.05, 0) is 40.7 Å². The Labute approximate surface area is 145 Å². The predicted octanol–water partition coefficient (Wildman–Crippen LogP) is 6.77. The molecule has 4 aromatic carbocycles. The Morgan fingerprint density at radius 3 is 1.60 bits per heavy atom. The average molecular weight is 345 g/mol. The molecule has 0 atom stereocenters. The molecule has 4 heteroatoms. The van der Waals surface area contributed by atoms with Crippen LogP contribution in [0, 0.1) is 0 Å². The monoisotopic (exact) mass is 345 g/mol. The van der Waals surface area contributed by atoms with Gasteiger partial charge in [0, 0.05) is 10.8 Å². The molecule has 0 spiro atoms. The number of rotatable bonds is 1. The Morgan fingerprint density at radius 1 is 0.640 bits per heavy atom. The largest absolute Gasteiger partial charge is 0.408 e. The van der Waals surface area contributed by atoms with Gasteiger partial charge in [-0.2, -0.15) is 0 Å². The van der Waals surface area contributed by atoms with Gasteiger partial charge in [-0.25, -0.2) is 5.09 Å². The smallest absolute Gasteiger partial charge is 0.306 e. The van der Waals surface area contributed by atoms with Crippen molar-refractivity contribution < 1.29 is 8.39 Å².